The number of halogens is 2. The normalized spacial score (nSPS) is 15.3. The molecule has 1 aliphatic heterocycles. The van der Waals surface area contributed by atoms with Crippen molar-refractivity contribution in [3.8, 4) is 17.7 Å². The Kier molecular flexibility index (Phi) is 6.32. The smallest absolute Gasteiger partial charge is 0.242 e. The molecule has 1 saturated heterocycles. The molecule has 4 aromatic rings. The molecule has 0 bridgehead atoms. The zero-order valence-corrected chi connectivity index (χ0v) is 21.2. The van der Waals surface area contributed by atoms with E-state index in [0.29, 0.717) is 11.4 Å². The minimum absolute atomic E-state index is 0.0683. The van der Waals surface area contributed by atoms with Gasteiger partial charge in [0.05, 0.1) is 5.52 Å². The number of aromatic nitrogens is 3. The third-order valence-electron chi connectivity index (χ3n) is 7.01. The van der Waals surface area contributed by atoms with Crippen LogP contribution >= 0.6 is 0 Å². The van der Waals surface area contributed by atoms with Gasteiger partial charge in [0.2, 0.25) is 11.8 Å². The lowest BCUT2D eigenvalue weighted by atomic mass is 10.2. The Morgan fingerprint density at radius 3 is 2.59 bits per heavy atom. The van der Waals surface area contributed by atoms with Crippen molar-refractivity contribution in [2.75, 3.05) is 36.4 Å². The summed E-state index contributed by atoms with van der Waals surface area (Å²) in [6, 6.07) is 12.0. The topological polar surface area (TPSA) is 108 Å². The van der Waals surface area contributed by atoms with E-state index < -0.39 is 17.4 Å². The maximum absolute atomic E-state index is 15.5. The highest BCUT2D eigenvalue weighted by Crippen LogP contribution is 2.38. The van der Waals surface area contributed by atoms with Crippen LogP contribution in [0, 0.1) is 35.8 Å². The Morgan fingerprint density at radius 2 is 1.90 bits per heavy atom. The van der Waals surface area contributed by atoms with Crippen molar-refractivity contribution >= 4 is 34.0 Å². The standard InChI is InChI=1S/C28H25F2N7O2/c1-16-12-20-24(30)23(13-22(29)25(20)37(16)28(38)17-2-3-17)39-27-21(14-31)26(33-15-34-27)35-18-4-6-19(7-5-18)36-10-8-32-9-11-36/h4-7,12-13,15,17,32H,2-3,8-11H2,1H3,(H,33,34,35). The molecule has 2 fully saturated rings. The molecule has 2 aromatic heterocycles. The highest BCUT2D eigenvalue weighted by Gasteiger charge is 2.33. The first-order valence-corrected chi connectivity index (χ1v) is 12.7. The van der Waals surface area contributed by atoms with Gasteiger partial charge >= 0.3 is 0 Å². The molecule has 39 heavy (non-hydrogen) atoms. The van der Waals surface area contributed by atoms with Crippen LogP contribution in [0.15, 0.2) is 42.7 Å². The van der Waals surface area contributed by atoms with Crippen molar-refractivity contribution in [3.63, 3.8) is 0 Å². The van der Waals surface area contributed by atoms with Gasteiger partial charge in [0.1, 0.15) is 12.4 Å². The summed E-state index contributed by atoms with van der Waals surface area (Å²) in [5, 5.41) is 16.2. The van der Waals surface area contributed by atoms with Crippen molar-refractivity contribution in [1.82, 2.24) is 19.9 Å². The molecule has 3 heterocycles. The van der Waals surface area contributed by atoms with Crippen LogP contribution in [-0.4, -0.2) is 46.6 Å². The van der Waals surface area contributed by atoms with Crippen LogP contribution in [0.2, 0.25) is 0 Å². The molecule has 0 spiro atoms. The van der Waals surface area contributed by atoms with Crippen molar-refractivity contribution in [3.05, 3.63) is 65.6 Å². The van der Waals surface area contributed by atoms with Crippen LogP contribution in [0.25, 0.3) is 10.9 Å². The third-order valence-corrected chi connectivity index (χ3v) is 7.01. The number of nitriles is 1. The third kappa shape index (κ3) is 4.64. The number of anilines is 3. The molecule has 0 amide bonds. The number of ether oxygens (including phenoxy) is 1. The number of aryl methyl sites for hydroxylation is 1. The molecule has 9 nitrogen and oxygen atoms in total. The largest absolute Gasteiger partial charge is 0.434 e. The van der Waals surface area contributed by atoms with E-state index >= 15 is 8.78 Å². The molecule has 0 atom stereocenters. The number of nitrogens with one attached hydrogen (secondary N) is 2. The second-order valence-corrected chi connectivity index (χ2v) is 9.69. The minimum Gasteiger partial charge on any atom is -0.434 e. The summed E-state index contributed by atoms with van der Waals surface area (Å²) in [6.07, 6.45) is 2.66. The second kappa shape index (κ2) is 9.96. The van der Waals surface area contributed by atoms with E-state index in [1.165, 1.54) is 17.0 Å². The average Bonchev–Trinajstić information content (AvgIpc) is 3.74. The van der Waals surface area contributed by atoms with E-state index in [-0.39, 0.29) is 40.0 Å². The van der Waals surface area contributed by atoms with Gasteiger partial charge < -0.3 is 20.3 Å². The number of fused-ring (bicyclic) bond motifs is 1. The summed E-state index contributed by atoms with van der Waals surface area (Å²) in [4.78, 5) is 23.1. The number of nitrogens with zero attached hydrogens (tertiary/aromatic N) is 5. The molecule has 0 radical (unpaired) electrons. The predicted molar refractivity (Wildman–Crippen MR) is 142 cm³/mol. The molecule has 2 N–H and O–H groups in total. The lowest BCUT2D eigenvalue weighted by Crippen LogP contribution is -2.43. The SMILES string of the molecule is Cc1cc2c(F)c(Oc3ncnc(Nc4ccc(N5CCNCC5)cc4)c3C#N)cc(F)c2n1C(=O)C1CC1. The fourth-order valence-electron chi connectivity index (χ4n) is 4.85. The number of rotatable bonds is 6. The van der Waals surface area contributed by atoms with E-state index in [1.54, 1.807) is 6.92 Å². The number of carbonyl (C=O) groups excluding carboxylic acids is 1. The van der Waals surface area contributed by atoms with Crippen LogP contribution in [0.4, 0.5) is 26.0 Å². The van der Waals surface area contributed by atoms with E-state index in [4.69, 9.17) is 4.74 Å². The van der Waals surface area contributed by atoms with Gasteiger partial charge in [-0.3, -0.25) is 9.36 Å². The zero-order valence-electron chi connectivity index (χ0n) is 21.2. The fraction of sp³-hybridized carbons (Fsp3) is 0.286. The molecule has 2 aromatic carbocycles. The van der Waals surface area contributed by atoms with Gasteiger partial charge in [0.25, 0.3) is 0 Å². The molecule has 6 rings (SSSR count). The first-order chi connectivity index (χ1) is 18.9. The Hall–Kier alpha value is -4.56. The quantitative estimate of drug-likeness (QED) is 0.364. The van der Waals surface area contributed by atoms with Crippen LogP contribution in [0.1, 0.15) is 28.9 Å². The summed E-state index contributed by atoms with van der Waals surface area (Å²) >= 11 is 0. The van der Waals surface area contributed by atoms with Gasteiger partial charge in [-0.15, -0.1) is 0 Å². The Morgan fingerprint density at radius 1 is 1.15 bits per heavy atom. The van der Waals surface area contributed by atoms with E-state index in [2.05, 4.69) is 25.5 Å². The minimum atomic E-state index is -0.850. The van der Waals surface area contributed by atoms with Gasteiger partial charge in [-0.25, -0.2) is 18.7 Å². The summed E-state index contributed by atoms with van der Waals surface area (Å²) < 4.78 is 37.6. The number of piperazine rings is 1. The summed E-state index contributed by atoms with van der Waals surface area (Å²) in [7, 11) is 0. The van der Waals surface area contributed by atoms with Gasteiger partial charge in [0, 0.05) is 60.6 Å². The molecule has 198 valence electrons. The van der Waals surface area contributed by atoms with Gasteiger partial charge in [-0.1, -0.05) is 0 Å². The first-order valence-electron chi connectivity index (χ1n) is 12.7. The lowest BCUT2D eigenvalue weighted by Gasteiger charge is -2.29. The Labute approximate surface area is 223 Å². The molecule has 2 aliphatic rings. The summed E-state index contributed by atoms with van der Waals surface area (Å²) in [6.45, 7) is 5.32. The number of carbonyl (C=O) groups is 1. The molecule has 1 aliphatic carbocycles. The monoisotopic (exact) mass is 529 g/mol. The van der Waals surface area contributed by atoms with Crippen LogP contribution in [-0.2, 0) is 0 Å². The van der Waals surface area contributed by atoms with E-state index in [9.17, 15) is 10.1 Å². The van der Waals surface area contributed by atoms with Crippen molar-refractivity contribution < 1.29 is 18.3 Å². The van der Waals surface area contributed by atoms with Crippen molar-refractivity contribution in [2.45, 2.75) is 19.8 Å². The van der Waals surface area contributed by atoms with Crippen molar-refractivity contribution in [2.24, 2.45) is 5.92 Å². The molecule has 0 unspecified atom stereocenters. The van der Waals surface area contributed by atoms with Gasteiger partial charge in [0.15, 0.2) is 28.8 Å². The Balaban J connectivity index is 1.28. The average molecular weight is 530 g/mol. The zero-order chi connectivity index (χ0) is 27.1. The highest BCUT2D eigenvalue weighted by atomic mass is 19.1. The van der Waals surface area contributed by atoms with E-state index in [1.807, 2.05) is 30.3 Å². The molecular weight excluding hydrogens is 504 g/mol. The highest BCUT2D eigenvalue weighted by molar-refractivity contribution is 5.96. The summed E-state index contributed by atoms with van der Waals surface area (Å²) in [5.41, 5.74) is 2.02. The lowest BCUT2D eigenvalue weighted by molar-refractivity contribution is 0.0889. The van der Waals surface area contributed by atoms with Crippen molar-refractivity contribution in [1.29, 1.82) is 5.26 Å². The maximum Gasteiger partial charge on any atom is 0.242 e. The maximum atomic E-state index is 15.5. The molecular formula is C28H25F2N7O2. The van der Waals surface area contributed by atoms with Crippen LogP contribution in [0.5, 0.6) is 11.6 Å². The number of hydrogen-bond acceptors (Lipinski definition) is 8. The van der Waals surface area contributed by atoms with Crippen LogP contribution < -0.4 is 20.3 Å². The fourth-order valence-corrected chi connectivity index (χ4v) is 4.85. The second-order valence-electron chi connectivity index (χ2n) is 9.69. The number of hydrogen-bond donors (Lipinski definition) is 2. The molecule has 1 saturated carbocycles. The number of benzene rings is 2. The molecule has 11 heteroatoms. The van der Waals surface area contributed by atoms with E-state index in [0.717, 1.165) is 50.8 Å². The summed E-state index contributed by atoms with van der Waals surface area (Å²) in [5.74, 6) is -2.57. The van der Waals surface area contributed by atoms with Gasteiger partial charge in [-0.05, 0) is 50.1 Å². The van der Waals surface area contributed by atoms with Gasteiger partial charge in [-0.2, -0.15) is 5.26 Å². The Bertz CT molecular complexity index is 1620. The van der Waals surface area contributed by atoms with Crippen LogP contribution in [0.3, 0.4) is 0 Å². The first kappa shape index (κ1) is 24.8. The predicted octanol–water partition coefficient (Wildman–Crippen LogP) is 4.89.